The minimum atomic E-state index is -0.952. The van der Waals surface area contributed by atoms with Crippen molar-refractivity contribution < 1.29 is 15.0 Å². The number of rotatable bonds is 9. The largest absolute Gasteiger partial charge is 0.507 e. The Kier molecular flexibility index (Phi) is 9.96. The lowest BCUT2D eigenvalue weighted by Gasteiger charge is -2.37. The number of nitrogens with zero attached hydrogens (tertiary/aromatic N) is 2. The quantitative estimate of drug-likeness (QED) is 0.392. The Morgan fingerprint density at radius 1 is 1.14 bits per heavy atom. The van der Waals surface area contributed by atoms with Gasteiger partial charge in [0.2, 0.25) is 0 Å². The third kappa shape index (κ3) is 7.71. The van der Waals surface area contributed by atoms with E-state index in [-0.39, 0.29) is 0 Å². The molecule has 2 N–H and O–H groups in total. The summed E-state index contributed by atoms with van der Waals surface area (Å²) in [6.45, 7) is 11.4. The molecule has 1 aliphatic heterocycles. The Bertz CT molecular complexity index is 1080. The van der Waals surface area contributed by atoms with Crippen molar-refractivity contribution in [3.05, 3.63) is 70.3 Å². The van der Waals surface area contributed by atoms with E-state index in [0.29, 0.717) is 18.2 Å². The van der Waals surface area contributed by atoms with Crippen LogP contribution in [0.3, 0.4) is 0 Å². The summed E-state index contributed by atoms with van der Waals surface area (Å²) >= 11 is 0. The summed E-state index contributed by atoms with van der Waals surface area (Å²) in [5.74, 6) is 5.95. The normalized spacial score (nSPS) is 14.9. The number of aryl methyl sites for hydroxylation is 2. The van der Waals surface area contributed by atoms with Crippen molar-refractivity contribution in [2.24, 2.45) is 0 Å². The van der Waals surface area contributed by atoms with Gasteiger partial charge in [0.1, 0.15) is 5.75 Å². The predicted octanol–water partition coefficient (Wildman–Crippen LogP) is 5.09. The lowest BCUT2D eigenvalue weighted by molar-refractivity contribution is -0.131. The molecule has 35 heavy (non-hydrogen) atoms. The second-order valence-electron chi connectivity index (χ2n) is 9.20. The van der Waals surface area contributed by atoms with Crippen LogP contribution in [0.5, 0.6) is 5.75 Å². The van der Waals surface area contributed by atoms with Gasteiger partial charge >= 0.3 is 5.97 Å². The number of hydrogen-bond acceptors (Lipinski definition) is 4. The second kappa shape index (κ2) is 13.1. The summed E-state index contributed by atoms with van der Waals surface area (Å²) in [5.41, 5.74) is 4.71. The van der Waals surface area contributed by atoms with Gasteiger partial charge in [0, 0.05) is 36.2 Å². The maximum Gasteiger partial charge on any atom is 0.328 e. The van der Waals surface area contributed by atoms with Crippen molar-refractivity contribution in [1.29, 1.82) is 0 Å². The number of benzene rings is 2. The molecule has 0 aromatic heterocycles. The molecule has 5 nitrogen and oxygen atoms in total. The molecule has 2 aromatic rings. The zero-order valence-corrected chi connectivity index (χ0v) is 21.3. The van der Waals surface area contributed by atoms with Crippen LogP contribution in [-0.2, 0) is 17.8 Å². The minimum absolute atomic E-state index is 0.376. The average Bonchev–Trinajstić information content (AvgIpc) is 2.85. The van der Waals surface area contributed by atoms with Gasteiger partial charge in [-0.2, -0.15) is 0 Å². The smallest absolute Gasteiger partial charge is 0.328 e. The van der Waals surface area contributed by atoms with E-state index in [9.17, 15) is 9.90 Å². The van der Waals surface area contributed by atoms with E-state index in [2.05, 4.69) is 35.5 Å². The van der Waals surface area contributed by atoms with Gasteiger partial charge in [0.15, 0.2) is 0 Å². The molecule has 1 aliphatic rings. The molecule has 0 amide bonds. The van der Waals surface area contributed by atoms with Crippen LogP contribution in [0.4, 0.5) is 0 Å². The monoisotopic (exact) mass is 474 g/mol. The van der Waals surface area contributed by atoms with Gasteiger partial charge in [-0.3, -0.25) is 4.90 Å². The summed E-state index contributed by atoms with van der Waals surface area (Å²) in [6.07, 6.45) is 6.56. The van der Waals surface area contributed by atoms with Crippen LogP contribution in [0.2, 0.25) is 0 Å². The number of piperidine rings is 1. The maximum atomic E-state index is 10.8. The van der Waals surface area contributed by atoms with Crippen molar-refractivity contribution in [2.75, 3.05) is 26.2 Å². The molecule has 0 saturated carbocycles. The fourth-order valence-corrected chi connectivity index (χ4v) is 4.92. The topological polar surface area (TPSA) is 64.0 Å². The molecule has 5 heteroatoms. The Labute approximate surface area is 210 Å². The molecule has 186 valence electrons. The van der Waals surface area contributed by atoms with Crippen LogP contribution < -0.4 is 0 Å². The van der Waals surface area contributed by atoms with Gasteiger partial charge in [-0.05, 0) is 87.3 Å². The van der Waals surface area contributed by atoms with Gasteiger partial charge < -0.3 is 15.1 Å². The Balaban J connectivity index is 1.62. The third-order valence-electron chi connectivity index (χ3n) is 6.87. The first kappa shape index (κ1) is 26.5. The van der Waals surface area contributed by atoms with Crippen molar-refractivity contribution in [3.8, 4) is 17.6 Å². The van der Waals surface area contributed by atoms with Crippen LogP contribution in [0.1, 0.15) is 60.9 Å². The van der Waals surface area contributed by atoms with E-state index in [1.54, 1.807) is 6.08 Å². The standard InChI is InChI=1S/C30H38N2O3/c1-4-32(5-2)28-16-18-31(19-17-28)22-27-21-24(20-23(3)30(27)35)10-6-7-11-25-12-8-9-13-26(25)14-15-29(33)34/h8-9,12-15,20-21,28,35H,4-5,7,11,16-19,22H2,1-3H3,(H,33,34). The number of carboxylic acids is 1. The molecule has 0 radical (unpaired) electrons. The van der Waals surface area contributed by atoms with Crippen LogP contribution in [-0.4, -0.2) is 58.2 Å². The van der Waals surface area contributed by atoms with Crippen molar-refractivity contribution in [2.45, 2.75) is 59.0 Å². The molecule has 0 spiro atoms. The molecule has 3 rings (SSSR count). The summed E-state index contributed by atoms with van der Waals surface area (Å²) in [4.78, 5) is 15.8. The first-order chi connectivity index (χ1) is 16.9. The highest BCUT2D eigenvalue weighted by Gasteiger charge is 2.23. The van der Waals surface area contributed by atoms with Crippen LogP contribution in [0.15, 0.2) is 42.5 Å². The molecule has 0 bridgehead atoms. The lowest BCUT2D eigenvalue weighted by Crippen LogP contribution is -2.44. The average molecular weight is 475 g/mol. The lowest BCUT2D eigenvalue weighted by atomic mass is 10.00. The highest BCUT2D eigenvalue weighted by molar-refractivity contribution is 5.85. The van der Waals surface area contributed by atoms with E-state index in [1.807, 2.05) is 43.3 Å². The number of phenolic OH excluding ortho intramolecular Hbond substituents is 1. The van der Waals surface area contributed by atoms with Gasteiger partial charge in [-0.1, -0.05) is 50.0 Å². The van der Waals surface area contributed by atoms with Crippen LogP contribution >= 0.6 is 0 Å². The van der Waals surface area contributed by atoms with Gasteiger partial charge in [0.05, 0.1) is 0 Å². The zero-order chi connectivity index (χ0) is 25.2. The van der Waals surface area contributed by atoms with Crippen LogP contribution in [0, 0.1) is 18.8 Å². The molecule has 1 fully saturated rings. The maximum absolute atomic E-state index is 10.8. The number of carbonyl (C=O) groups is 1. The van der Waals surface area contributed by atoms with Crippen molar-refractivity contribution in [1.82, 2.24) is 9.80 Å². The van der Waals surface area contributed by atoms with Crippen molar-refractivity contribution >= 4 is 12.0 Å². The Morgan fingerprint density at radius 3 is 2.54 bits per heavy atom. The Morgan fingerprint density at radius 2 is 1.86 bits per heavy atom. The molecule has 0 aliphatic carbocycles. The molecule has 1 saturated heterocycles. The Hall–Kier alpha value is -3.07. The highest BCUT2D eigenvalue weighted by Crippen LogP contribution is 2.27. The number of likely N-dealkylation sites (tertiary alicyclic amines) is 1. The second-order valence-corrected chi connectivity index (χ2v) is 9.20. The molecule has 2 aromatic carbocycles. The summed E-state index contributed by atoms with van der Waals surface area (Å²) in [7, 11) is 0. The van der Waals surface area contributed by atoms with E-state index in [1.165, 1.54) is 12.8 Å². The van der Waals surface area contributed by atoms with E-state index < -0.39 is 5.97 Å². The van der Waals surface area contributed by atoms with Gasteiger partial charge in [-0.15, -0.1) is 0 Å². The number of carboxylic acid groups (broad SMARTS) is 1. The molecule has 0 unspecified atom stereocenters. The molecular formula is C30H38N2O3. The molecular weight excluding hydrogens is 436 g/mol. The number of hydrogen-bond donors (Lipinski definition) is 2. The summed E-state index contributed by atoms with van der Waals surface area (Å²) < 4.78 is 0. The zero-order valence-electron chi connectivity index (χ0n) is 21.3. The first-order valence-electron chi connectivity index (χ1n) is 12.7. The van der Waals surface area contributed by atoms with Gasteiger partial charge in [-0.25, -0.2) is 4.79 Å². The summed E-state index contributed by atoms with van der Waals surface area (Å²) in [6, 6.07) is 12.4. The van der Waals surface area contributed by atoms with E-state index in [0.717, 1.165) is 73.0 Å². The highest BCUT2D eigenvalue weighted by atomic mass is 16.4. The van der Waals surface area contributed by atoms with Crippen LogP contribution in [0.25, 0.3) is 6.08 Å². The number of aliphatic carboxylic acids is 1. The summed E-state index contributed by atoms with van der Waals surface area (Å²) in [5, 5.41) is 19.6. The fourth-order valence-electron chi connectivity index (χ4n) is 4.92. The van der Waals surface area contributed by atoms with E-state index >= 15 is 0 Å². The predicted molar refractivity (Wildman–Crippen MR) is 142 cm³/mol. The SMILES string of the molecule is CCN(CC)C1CCN(Cc2cc(C#CCCc3ccccc3C=CC(=O)O)cc(C)c2O)CC1. The number of phenols is 1. The minimum Gasteiger partial charge on any atom is -0.507 e. The molecule has 0 atom stereocenters. The first-order valence-corrected chi connectivity index (χ1v) is 12.7. The molecule has 1 heterocycles. The third-order valence-corrected chi connectivity index (χ3v) is 6.87. The van der Waals surface area contributed by atoms with Crippen molar-refractivity contribution in [3.63, 3.8) is 0 Å². The van der Waals surface area contributed by atoms with Gasteiger partial charge in [0.25, 0.3) is 0 Å². The number of aromatic hydroxyl groups is 1. The fraction of sp³-hybridized carbons (Fsp3) is 0.433. The van der Waals surface area contributed by atoms with E-state index in [4.69, 9.17) is 5.11 Å².